The third kappa shape index (κ3) is 3.44. The molecule has 0 amide bonds. The van der Waals surface area contributed by atoms with Crippen molar-refractivity contribution < 1.29 is 0 Å². The Bertz CT molecular complexity index is 462. The van der Waals surface area contributed by atoms with Crippen molar-refractivity contribution in [3.8, 4) is 0 Å². The first kappa shape index (κ1) is 12.8. The van der Waals surface area contributed by atoms with Gasteiger partial charge in [-0.15, -0.1) is 0 Å². The molecule has 0 spiro atoms. The summed E-state index contributed by atoms with van der Waals surface area (Å²) in [6.45, 7) is 4.27. The fraction of sp³-hybridized carbons (Fsp3) is 0.400. The maximum absolute atomic E-state index is 4.17. The number of aromatic nitrogens is 2. The molecular weight excluding hydrogens is 222 g/mol. The van der Waals surface area contributed by atoms with Crippen molar-refractivity contribution in [3.63, 3.8) is 0 Å². The average molecular weight is 243 g/mol. The topological polar surface area (TPSA) is 29.9 Å². The second kappa shape index (κ2) is 6.36. The predicted molar refractivity (Wildman–Crippen MR) is 74.6 cm³/mol. The number of nitrogens with one attached hydrogen (secondary N) is 1. The van der Waals surface area contributed by atoms with Crippen LogP contribution in [-0.2, 0) is 13.5 Å². The monoisotopic (exact) mass is 243 g/mol. The summed E-state index contributed by atoms with van der Waals surface area (Å²) in [6, 6.07) is 12.7. The van der Waals surface area contributed by atoms with E-state index >= 15 is 0 Å². The first-order valence-electron chi connectivity index (χ1n) is 6.50. The van der Waals surface area contributed by atoms with Crippen molar-refractivity contribution in [1.29, 1.82) is 0 Å². The minimum absolute atomic E-state index is 0.553. The van der Waals surface area contributed by atoms with Gasteiger partial charge in [-0.25, -0.2) is 0 Å². The van der Waals surface area contributed by atoms with Crippen LogP contribution in [0.25, 0.3) is 0 Å². The Labute approximate surface area is 109 Å². The lowest BCUT2D eigenvalue weighted by Crippen LogP contribution is -2.23. The lowest BCUT2D eigenvalue weighted by molar-refractivity contribution is 0.599. The summed E-state index contributed by atoms with van der Waals surface area (Å²) in [5, 5.41) is 7.67. The van der Waals surface area contributed by atoms with Crippen LogP contribution in [0.2, 0.25) is 0 Å². The van der Waals surface area contributed by atoms with Crippen LogP contribution in [-0.4, -0.2) is 22.9 Å². The van der Waals surface area contributed by atoms with Gasteiger partial charge in [0.2, 0.25) is 0 Å². The summed E-state index contributed by atoms with van der Waals surface area (Å²) in [5.74, 6) is 0.553. The van der Waals surface area contributed by atoms with E-state index in [1.165, 1.54) is 11.3 Å². The van der Waals surface area contributed by atoms with Gasteiger partial charge in [-0.1, -0.05) is 37.3 Å². The molecule has 0 aliphatic rings. The van der Waals surface area contributed by atoms with E-state index in [0.29, 0.717) is 5.92 Å². The Morgan fingerprint density at radius 3 is 2.67 bits per heavy atom. The van der Waals surface area contributed by atoms with Crippen LogP contribution in [0.15, 0.2) is 42.6 Å². The number of benzene rings is 1. The number of rotatable bonds is 6. The fourth-order valence-electron chi connectivity index (χ4n) is 2.08. The van der Waals surface area contributed by atoms with Crippen molar-refractivity contribution >= 4 is 0 Å². The highest BCUT2D eigenvalue weighted by Crippen LogP contribution is 2.12. The third-order valence-electron chi connectivity index (χ3n) is 3.30. The van der Waals surface area contributed by atoms with Crippen LogP contribution in [0, 0.1) is 0 Å². The van der Waals surface area contributed by atoms with Gasteiger partial charge in [0.1, 0.15) is 0 Å². The van der Waals surface area contributed by atoms with Gasteiger partial charge in [0.15, 0.2) is 0 Å². The predicted octanol–water partition coefficient (Wildman–Crippen LogP) is 2.36. The van der Waals surface area contributed by atoms with E-state index in [1.807, 2.05) is 17.9 Å². The van der Waals surface area contributed by atoms with Crippen LogP contribution in [0.3, 0.4) is 0 Å². The molecule has 1 aromatic heterocycles. The summed E-state index contributed by atoms with van der Waals surface area (Å²) in [5.41, 5.74) is 2.67. The minimum Gasteiger partial charge on any atom is -0.316 e. The Kier molecular flexibility index (Phi) is 4.53. The van der Waals surface area contributed by atoms with Crippen LogP contribution in [0.5, 0.6) is 0 Å². The number of nitrogens with zero attached hydrogens (tertiary/aromatic N) is 2. The summed E-state index contributed by atoms with van der Waals surface area (Å²) in [7, 11) is 1.99. The van der Waals surface area contributed by atoms with Gasteiger partial charge in [0.25, 0.3) is 0 Å². The van der Waals surface area contributed by atoms with Crippen molar-refractivity contribution in [1.82, 2.24) is 15.1 Å². The molecule has 3 nitrogen and oxygen atoms in total. The van der Waals surface area contributed by atoms with E-state index in [1.54, 1.807) is 0 Å². The molecular formula is C15H21N3. The molecule has 18 heavy (non-hydrogen) atoms. The maximum Gasteiger partial charge on any atom is 0.0492 e. The number of aryl methyl sites for hydroxylation is 1. The van der Waals surface area contributed by atoms with E-state index in [4.69, 9.17) is 0 Å². The summed E-state index contributed by atoms with van der Waals surface area (Å²) >= 11 is 0. The molecule has 0 aliphatic carbocycles. The molecule has 0 bridgehead atoms. The van der Waals surface area contributed by atoms with E-state index in [2.05, 4.69) is 53.7 Å². The Balaban J connectivity index is 1.71. The van der Waals surface area contributed by atoms with E-state index in [9.17, 15) is 0 Å². The van der Waals surface area contributed by atoms with Gasteiger partial charge in [-0.2, -0.15) is 5.10 Å². The molecule has 0 saturated heterocycles. The zero-order valence-corrected chi connectivity index (χ0v) is 11.1. The van der Waals surface area contributed by atoms with E-state index in [0.717, 1.165) is 19.5 Å². The highest BCUT2D eigenvalue weighted by atomic mass is 15.3. The Morgan fingerprint density at radius 1 is 1.22 bits per heavy atom. The van der Waals surface area contributed by atoms with Gasteiger partial charge < -0.3 is 5.32 Å². The Morgan fingerprint density at radius 2 is 2.00 bits per heavy atom. The largest absolute Gasteiger partial charge is 0.316 e. The molecule has 1 atom stereocenters. The van der Waals surface area contributed by atoms with Crippen LogP contribution in [0.4, 0.5) is 0 Å². The van der Waals surface area contributed by atoms with E-state index < -0.39 is 0 Å². The molecule has 3 heteroatoms. The van der Waals surface area contributed by atoms with Crippen molar-refractivity contribution in [2.24, 2.45) is 7.05 Å². The average Bonchev–Trinajstić information content (AvgIpc) is 2.81. The zero-order chi connectivity index (χ0) is 12.8. The Hall–Kier alpha value is -1.61. The van der Waals surface area contributed by atoms with Gasteiger partial charge in [-0.05, 0) is 17.5 Å². The molecule has 0 saturated carbocycles. The molecule has 0 unspecified atom stereocenters. The lowest BCUT2D eigenvalue weighted by Gasteiger charge is -2.13. The third-order valence-corrected chi connectivity index (χ3v) is 3.30. The fourth-order valence-corrected chi connectivity index (χ4v) is 2.08. The van der Waals surface area contributed by atoms with Crippen LogP contribution >= 0.6 is 0 Å². The molecule has 96 valence electrons. The second-order valence-corrected chi connectivity index (χ2v) is 4.71. The van der Waals surface area contributed by atoms with Crippen molar-refractivity contribution in [2.45, 2.75) is 19.3 Å². The molecule has 2 aromatic rings. The maximum atomic E-state index is 4.17. The quantitative estimate of drug-likeness (QED) is 0.789. The first-order chi connectivity index (χ1) is 8.77. The molecule has 1 aromatic carbocycles. The van der Waals surface area contributed by atoms with Crippen molar-refractivity contribution in [3.05, 3.63) is 53.9 Å². The summed E-state index contributed by atoms with van der Waals surface area (Å²) < 4.78 is 1.93. The first-order valence-corrected chi connectivity index (χ1v) is 6.50. The SMILES string of the molecule is C[C@@H](CNCCc1ccnn1C)c1ccccc1. The normalized spacial score (nSPS) is 12.6. The highest BCUT2D eigenvalue weighted by Gasteiger charge is 2.04. The van der Waals surface area contributed by atoms with Crippen LogP contribution < -0.4 is 5.32 Å². The van der Waals surface area contributed by atoms with Gasteiger partial charge in [0.05, 0.1) is 0 Å². The van der Waals surface area contributed by atoms with Gasteiger partial charge >= 0.3 is 0 Å². The molecule has 0 fully saturated rings. The molecule has 0 radical (unpaired) electrons. The molecule has 1 heterocycles. The smallest absolute Gasteiger partial charge is 0.0492 e. The van der Waals surface area contributed by atoms with Gasteiger partial charge in [0, 0.05) is 38.4 Å². The summed E-state index contributed by atoms with van der Waals surface area (Å²) in [4.78, 5) is 0. The number of hydrogen-bond donors (Lipinski definition) is 1. The standard InChI is InChI=1S/C15H21N3/c1-13(14-6-4-3-5-7-14)12-16-10-8-15-9-11-17-18(15)2/h3-7,9,11,13,16H,8,10,12H2,1-2H3/t13-/m0/s1. The highest BCUT2D eigenvalue weighted by molar-refractivity contribution is 5.18. The molecule has 0 aliphatic heterocycles. The van der Waals surface area contributed by atoms with Gasteiger partial charge in [-0.3, -0.25) is 4.68 Å². The second-order valence-electron chi connectivity index (χ2n) is 4.71. The van der Waals surface area contributed by atoms with Crippen molar-refractivity contribution in [2.75, 3.05) is 13.1 Å². The van der Waals surface area contributed by atoms with Crippen LogP contribution in [0.1, 0.15) is 24.1 Å². The summed E-state index contributed by atoms with van der Waals surface area (Å²) in [6.07, 6.45) is 2.87. The van der Waals surface area contributed by atoms with E-state index in [-0.39, 0.29) is 0 Å². The minimum atomic E-state index is 0.553. The lowest BCUT2D eigenvalue weighted by atomic mass is 10.0. The zero-order valence-electron chi connectivity index (χ0n) is 11.1. The molecule has 1 N–H and O–H groups in total. The number of hydrogen-bond acceptors (Lipinski definition) is 2. The molecule has 2 rings (SSSR count).